The van der Waals surface area contributed by atoms with E-state index < -0.39 is 0 Å². The van der Waals surface area contributed by atoms with Gasteiger partial charge in [-0.1, -0.05) is 6.07 Å². The lowest BCUT2D eigenvalue weighted by atomic mass is 10.1. The molecule has 0 saturated carbocycles. The zero-order valence-corrected chi connectivity index (χ0v) is 14.2. The van der Waals surface area contributed by atoms with Crippen LogP contribution in [-0.2, 0) is 4.79 Å². The molecule has 1 aliphatic rings. The third kappa shape index (κ3) is 3.94. The number of carbonyl (C=O) groups is 2. The van der Waals surface area contributed by atoms with E-state index in [9.17, 15) is 9.59 Å². The van der Waals surface area contributed by atoms with Gasteiger partial charge in [-0.05, 0) is 36.6 Å². The Bertz CT molecular complexity index is 727. The Morgan fingerprint density at radius 3 is 2.71 bits per heavy atom. The van der Waals surface area contributed by atoms with Gasteiger partial charge in [0.1, 0.15) is 13.2 Å². The quantitative estimate of drug-likeness (QED) is 0.816. The molecule has 6 heteroatoms. The topological polar surface area (TPSA) is 64.6 Å². The van der Waals surface area contributed by atoms with Crippen LogP contribution in [0.2, 0.25) is 0 Å². The van der Waals surface area contributed by atoms with Crippen molar-refractivity contribution in [2.45, 2.75) is 25.8 Å². The molecule has 0 radical (unpaired) electrons. The number of rotatable bonds is 6. The van der Waals surface area contributed by atoms with Gasteiger partial charge >= 0.3 is 0 Å². The number of ketones is 1. The van der Waals surface area contributed by atoms with E-state index in [0.29, 0.717) is 30.3 Å². The molecule has 0 saturated heterocycles. The first kappa shape index (κ1) is 16.5. The van der Waals surface area contributed by atoms with Crippen molar-refractivity contribution in [3.8, 4) is 11.5 Å². The van der Waals surface area contributed by atoms with E-state index in [1.165, 1.54) is 0 Å². The summed E-state index contributed by atoms with van der Waals surface area (Å²) in [7, 11) is 0. The summed E-state index contributed by atoms with van der Waals surface area (Å²) in [5, 5.41) is 4.89. The number of hydrogen-bond donors (Lipinski definition) is 1. The zero-order valence-electron chi connectivity index (χ0n) is 13.4. The number of carbonyl (C=O) groups excluding carboxylic acids is 2. The Labute approximate surface area is 144 Å². The normalized spacial score (nSPS) is 14.0. The monoisotopic (exact) mass is 345 g/mol. The largest absolute Gasteiger partial charge is 0.486 e. The maximum Gasteiger partial charge on any atom is 0.220 e. The molecule has 5 nitrogen and oxygen atoms in total. The maximum absolute atomic E-state index is 12.3. The van der Waals surface area contributed by atoms with E-state index in [1.54, 1.807) is 29.5 Å². The minimum Gasteiger partial charge on any atom is -0.486 e. The first-order valence-corrected chi connectivity index (χ1v) is 8.77. The van der Waals surface area contributed by atoms with Crippen molar-refractivity contribution in [3.63, 3.8) is 0 Å². The first-order chi connectivity index (χ1) is 11.6. The molecule has 24 heavy (non-hydrogen) atoms. The number of Topliss-reactive ketones (excluding diaryl/α,β-unsaturated/α-hetero) is 1. The van der Waals surface area contributed by atoms with E-state index >= 15 is 0 Å². The number of amides is 1. The van der Waals surface area contributed by atoms with E-state index in [4.69, 9.17) is 9.47 Å². The number of fused-ring (bicyclic) bond motifs is 1. The van der Waals surface area contributed by atoms with Gasteiger partial charge in [0.25, 0.3) is 0 Å². The molecule has 2 heterocycles. The fraction of sp³-hybridized carbons (Fsp3) is 0.333. The number of nitrogens with one attached hydrogen (secondary N) is 1. The Morgan fingerprint density at radius 2 is 1.96 bits per heavy atom. The summed E-state index contributed by atoms with van der Waals surface area (Å²) in [5.74, 6) is 1.04. The molecule has 1 atom stereocenters. The van der Waals surface area contributed by atoms with Crippen LogP contribution in [0.4, 0.5) is 0 Å². The Kier molecular flexibility index (Phi) is 5.15. The molecule has 1 aromatic heterocycles. The van der Waals surface area contributed by atoms with Crippen LogP contribution in [0.5, 0.6) is 11.5 Å². The molecule has 1 aromatic carbocycles. The van der Waals surface area contributed by atoms with Crippen LogP contribution in [0.3, 0.4) is 0 Å². The Balaban J connectivity index is 1.52. The fourth-order valence-corrected chi connectivity index (χ4v) is 3.25. The van der Waals surface area contributed by atoms with E-state index in [0.717, 1.165) is 4.88 Å². The third-order valence-electron chi connectivity index (χ3n) is 3.79. The van der Waals surface area contributed by atoms with Gasteiger partial charge in [0.2, 0.25) is 5.91 Å². The molecule has 1 N–H and O–H groups in total. The van der Waals surface area contributed by atoms with E-state index in [2.05, 4.69) is 5.32 Å². The van der Waals surface area contributed by atoms with Crippen molar-refractivity contribution >= 4 is 23.0 Å². The molecule has 2 aromatic rings. The first-order valence-electron chi connectivity index (χ1n) is 7.89. The average molecular weight is 345 g/mol. The molecule has 1 aliphatic heterocycles. The summed E-state index contributed by atoms with van der Waals surface area (Å²) in [4.78, 5) is 25.4. The van der Waals surface area contributed by atoms with Crippen LogP contribution in [0.1, 0.15) is 41.0 Å². The zero-order chi connectivity index (χ0) is 16.9. The van der Waals surface area contributed by atoms with Crippen molar-refractivity contribution in [3.05, 3.63) is 46.2 Å². The van der Waals surface area contributed by atoms with Crippen LogP contribution < -0.4 is 14.8 Å². The highest BCUT2D eigenvalue weighted by atomic mass is 32.1. The van der Waals surface area contributed by atoms with Crippen molar-refractivity contribution in [1.29, 1.82) is 0 Å². The Hall–Kier alpha value is -2.34. The summed E-state index contributed by atoms with van der Waals surface area (Å²) in [6, 6.07) is 9.03. The predicted molar refractivity (Wildman–Crippen MR) is 91.9 cm³/mol. The number of benzene rings is 1. The highest BCUT2D eigenvalue weighted by Crippen LogP contribution is 2.31. The minimum absolute atomic E-state index is 0.0399. The molecule has 126 valence electrons. The molecule has 1 amide bonds. The molecule has 3 rings (SSSR count). The summed E-state index contributed by atoms with van der Waals surface area (Å²) >= 11 is 1.60. The van der Waals surface area contributed by atoms with Gasteiger partial charge in [-0.15, -0.1) is 11.3 Å². The second kappa shape index (κ2) is 7.49. The number of thiophene rings is 1. The summed E-state index contributed by atoms with van der Waals surface area (Å²) < 4.78 is 10.9. The Morgan fingerprint density at radius 1 is 1.17 bits per heavy atom. The van der Waals surface area contributed by atoms with Crippen LogP contribution in [0, 0.1) is 0 Å². The molecule has 0 bridgehead atoms. The fourth-order valence-electron chi connectivity index (χ4n) is 2.51. The molecule has 0 fully saturated rings. The highest BCUT2D eigenvalue weighted by molar-refractivity contribution is 7.10. The lowest BCUT2D eigenvalue weighted by Gasteiger charge is -2.18. The smallest absolute Gasteiger partial charge is 0.220 e. The number of ether oxygens (including phenoxy) is 2. The molecule has 0 aliphatic carbocycles. The van der Waals surface area contributed by atoms with Crippen molar-refractivity contribution in [2.75, 3.05) is 13.2 Å². The van der Waals surface area contributed by atoms with Gasteiger partial charge in [0, 0.05) is 23.3 Å². The van der Waals surface area contributed by atoms with Gasteiger partial charge < -0.3 is 14.8 Å². The number of hydrogen-bond acceptors (Lipinski definition) is 5. The van der Waals surface area contributed by atoms with E-state index in [1.807, 2.05) is 24.4 Å². The summed E-state index contributed by atoms with van der Waals surface area (Å²) in [5.41, 5.74) is 0.540. The molecular weight excluding hydrogens is 326 g/mol. The van der Waals surface area contributed by atoms with Crippen LogP contribution >= 0.6 is 11.3 Å². The maximum atomic E-state index is 12.3. The van der Waals surface area contributed by atoms with E-state index in [-0.39, 0.29) is 30.6 Å². The van der Waals surface area contributed by atoms with Gasteiger partial charge in [-0.2, -0.15) is 0 Å². The van der Waals surface area contributed by atoms with Gasteiger partial charge in [-0.3, -0.25) is 9.59 Å². The summed E-state index contributed by atoms with van der Waals surface area (Å²) in [6.07, 6.45) is 0.339. The van der Waals surface area contributed by atoms with Crippen molar-refractivity contribution in [2.24, 2.45) is 0 Å². The van der Waals surface area contributed by atoms with Gasteiger partial charge in [0.15, 0.2) is 17.3 Å². The van der Waals surface area contributed by atoms with Crippen LogP contribution in [0.25, 0.3) is 0 Å². The van der Waals surface area contributed by atoms with Gasteiger partial charge in [-0.25, -0.2) is 0 Å². The standard InChI is InChI=1S/C18H19NO4S/c1-12(17-3-2-10-24-17)19-18(21)7-5-14(20)13-4-6-15-16(11-13)23-9-8-22-15/h2-4,6,10-12H,5,7-9H2,1H3,(H,19,21)/t12-/m0/s1. The lowest BCUT2D eigenvalue weighted by Crippen LogP contribution is -2.26. The lowest BCUT2D eigenvalue weighted by molar-refractivity contribution is -0.121. The van der Waals surface area contributed by atoms with Crippen LogP contribution in [0.15, 0.2) is 35.7 Å². The van der Waals surface area contributed by atoms with Gasteiger partial charge in [0.05, 0.1) is 6.04 Å². The predicted octanol–water partition coefficient (Wildman–Crippen LogP) is 3.36. The minimum atomic E-state index is -0.123. The molecule has 0 unspecified atom stereocenters. The molecule has 0 spiro atoms. The van der Waals surface area contributed by atoms with Crippen molar-refractivity contribution in [1.82, 2.24) is 5.32 Å². The van der Waals surface area contributed by atoms with Crippen LogP contribution in [-0.4, -0.2) is 24.9 Å². The van der Waals surface area contributed by atoms with Crippen molar-refractivity contribution < 1.29 is 19.1 Å². The third-order valence-corrected chi connectivity index (χ3v) is 4.85. The molecular formula is C18H19NO4S. The average Bonchev–Trinajstić information content (AvgIpc) is 3.14. The highest BCUT2D eigenvalue weighted by Gasteiger charge is 2.16. The second-order valence-corrected chi connectivity index (χ2v) is 6.57. The summed E-state index contributed by atoms with van der Waals surface area (Å²) in [6.45, 7) is 2.93. The second-order valence-electron chi connectivity index (χ2n) is 5.59. The SMILES string of the molecule is C[C@H](NC(=O)CCC(=O)c1ccc2c(c1)OCCO2)c1cccs1.